The minimum absolute atomic E-state index is 0.392. The van der Waals surface area contributed by atoms with Gasteiger partial charge in [0.05, 0.1) is 10.2 Å². The lowest BCUT2D eigenvalue weighted by Crippen LogP contribution is -2.43. The van der Waals surface area contributed by atoms with Crippen molar-refractivity contribution in [3.8, 4) is 0 Å². The number of fused-ring (bicyclic) bond motifs is 1. The van der Waals surface area contributed by atoms with Gasteiger partial charge in [0.2, 0.25) is 0 Å². The van der Waals surface area contributed by atoms with Gasteiger partial charge < -0.3 is 5.32 Å². The lowest BCUT2D eigenvalue weighted by Gasteiger charge is -2.31. The smallest absolute Gasteiger partial charge is 0.151 e. The van der Waals surface area contributed by atoms with E-state index in [0.29, 0.717) is 16.7 Å². The van der Waals surface area contributed by atoms with Crippen LogP contribution in [0, 0.1) is 5.41 Å². The van der Waals surface area contributed by atoms with Crippen molar-refractivity contribution in [1.29, 1.82) is 0 Å². The number of para-hydroxylation sites is 1. The Bertz CT molecular complexity index is 573. The maximum Gasteiger partial charge on any atom is 0.151 e. The van der Waals surface area contributed by atoms with Crippen molar-refractivity contribution in [3.05, 3.63) is 24.3 Å². The predicted molar refractivity (Wildman–Crippen MR) is 94.4 cm³/mol. The molecule has 1 fully saturated rings. The van der Waals surface area contributed by atoms with Crippen LogP contribution in [0.5, 0.6) is 0 Å². The van der Waals surface area contributed by atoms with E-state index in [2.05, 4.69) is 50.4 Å². The van der Waals surface area contributed by atoms with Crippen LogP contribution in [0.2, 0.25) is 0 Å². The number of hydrogen-bond acceptors (Lipinski definition) is 4. The molecule has 1 saturated carbocycles. The van der Waals surface area contributed by atoms with Crippen LogP contribution in [-0.2, 0) is 0 Å². The van der Waals surface area contributed by atoms with E-state index in [1.54, 1.807) is 0 Å². The molecule has 2 aromatic rings. The zero-order valence-electron chi connectivity index (χ0n) is 13.1. The fraction of sp³-hybridized carbons (Fsp3) is 0.588. The van der Waals surface area contributed by atoms with Crippen LogP contribution in [-0.4, -0.2) is 22.8 Å². The molecule has 4 heteroatoms. The number of nitrogens with zero attached hydrogens (tertiary/aromatic N) is 1. The summed E-state index contributed by atoms with van der Waals surface area (Å²) >= 11 is 3.82. The van der Waals surface area contributed by atoms with Crippen molar-refractivity contribution in [3.63, 3.8) is 0 Å². The van der Waals surface area contributed by atoms with Crippen molar-refractivity contribution < 1.29 is 0 Å². The Morgan fingerprint density at radius 1 is 1.38 bits per heavy atom. The highest BCUT2D eigenvalue weighted by Gasteiger charge is 2.42. The molecule has 2 nitrogen and oxygen atoms in total. The molecule has 1 aromatic heterocycles. The molecule has 114 valence electrons. The van der Waals surface area contributed by atoms with Gasteiger partial charge in [0.25, 0.3) is 0 Å². The Kier molecular flexibility index (Phi) is 4.57. The van der Waals surface area contributed by atoms with Gasteiger partial charge in [0.15, 0.2) is 4.34 Å². The van der Waals surface area contributed by atoms with Crippen molar-refractivity contribution in [2.24, 2.45) is 5.41 Å². The minimum Gasteiger partial charge on any atom is -0.312 e. The lowest BCUT2D eigenvalue weighted by molar-refractivity contribution is 0.287. The molecule has 1 N–H and O–H groups in total. The summed E-state index contributed by atoms with van der Waals surface area (Å²) in [6.07, 6.45) is 3.79. The standard InChI is InChI=1S/C17H24N2S2/c1-4-11-18-15-14(9-10-17(15,2)3)21-16-19-12-7-5-6-8-13(12)20-16/h5-8,14-15,18H,4,9-11H2,1-3H3. The normalized spacial score (nSPS) is 24.7. The van der Waals surface area contributed by atoms with Crippen molar-refractivity contribution in [2.45, 2.75) is 55.7 Å². The molecule has 0 aliphatic heterocycles. The van der Waals surface area contributed by atoms with Gasteiger partial charge in [-0.2, -0.15) is 0 Å². The molecule has 3 rings (SSSR count). The number of thiazole rings is 1. The summed E-state index contributed by atoms with van der Waals surface area (Å²) in [6.45, 7) is 8.16. The minimum atomic E-state index is 0.392. The number of nitrogens with one attached hydrogen (secondary N) is 1. The SMILES string of the molecule is CCCNC1C(Sc2nc3ccccc3s2)CCC1(C)C. The van der Waals surface area contributed by atoms with Crippen LogP contribution >= 0.6 is 23.1 Å². The second-order valence-corrected chi connectivity index (χ2v) is 9.08. The van der Waals surface area contributed by atoms with Crippen molar-refractivity contribution >= 4 is 33.3 Å². The Labute approximate surface area is 135 Å². The molecule has 0 amide bonds. The van der Waals surface area contributed by atoms with Crippen LogP contribution < -0.4 is 5.32 Å². The van der Waals surface area contributed by atoms with Gasteiger partial charge in [-0.15, -0.1) is 11.3 Å². The Hall–Kier alpha value is -0.580. The topological polar surface area (TPSA) is 24.9 Å². The Morgan fingerprint density at radius 2 is 2.19 bits per heavy atom. The molecule has 1 aliphatic carbocycles. The fourth-order valence-corrected chi connectivity index (χ4v) is 5.98. The molecular weight excluding hydrogens is 296 g/mol. The average Bonchev–Trinajstić information content (AvgIpc) is 2.98. The monoisotopic (exact) mass is 320 g/mol. The molecule has 0 radical (unpaired) electrons. The van der Waals surface area contributed by atoms with Gasteiger partial charge in [-0.3, -0.25) is 0 Å². The second-order valence-electron chi connectivity index (χ2n) is 6.56. The highest BCUT2D eigenvalue weighted by molar-refractivity contribution is 8.01. The van der Waals surface area contributed by atoms with Crippen molar-refractivity contribution in [1.82, 2.24) is 10.3 Å². The molecule has 21 heavy (non-hydrogen) atoms. The molecule has 0 saturated heterocycles. The summed E-state index contributed by atoms with van der Waals surface area (Å²) in [7, 11) is 0. The van der Waals surface area contributed by atoms with Gasteiger partial charge in [0.1, 0.15) is 0 Å². The Morgan fingerprint density at radius 3 is 2.95 bits per heavy atom. The van der Waals surface area contributed by atoms with E-state index in [-0.39, 0.29) is 0 Å². The molecule has 0 spiro atoms. The van der Waals surface area contributed by atoms with E-state index in [9.17, 15) is 0 Å². The van der Waals surface area contributed by atoms with E-state index in [1.807, 2.05) is 23.1 Å². The summed E-state index contributed by atoms with van der Waals surface area (Å²) < 4.78 is 2.53. The molecule has 1 aromatic carbocycles. The van der Waals surface area contributed by atoms with Gasteiger partial charge in [-0.25, -0.2) is 4.98 Å². The van der Waals surface area contributed by atoms with Gasteiger partial charge in [-0.05, 0) is 43.4 Å². The van der Waals surface area contributed by atoms with E-state index in [0.717, 1.165) is 12.1 Å². The van der Waals surface area contributed by atoms with E-state index in [1.165, 1.54) is 28.3 Å². The van der Waals surface area contributed by atoms with Gasteiger partial charge >= 0.3 is 0 Å². The molecular formula is C17H24N2S2. The third-order valence-corrected chi connectivity index (χ3v) is 6.90. The zero-order valence-corrected chi connectivity index (χ0v) is 14.7. The lowest BCUT2D eigenvalue weighted by atomic mass is 9.87. The number of thioether (sulfide) groups is 1. The predicted octanol–water partition coefficient (Wildman–Crippen LogP) is 4.95. The fourth-order valence-electron chi connectivity index (χ4n) is 3.21. The highest BCUT2D eigenvalue weighted by atomic mass is 32.2. The summed E-state index contributed by atoms with van der Waals surface area (Å²) in [5.74, 6) is 0. The first-order chi connectivity index (χ1) is 10.1. The molecule has 2 unspecified atom stereocenters. The van der Waals surface area contributed by atoms with Crippen LogP contribution in [0.3, 0.4) is 0 Å². The van der Waals surface area contributed by atoms with Crippen LogP contribution in [0.25, 0.3) is 10.2 Å². The largest absolute Gasteiger partial charge is 0.312 e. The number of aromatic nitrogens is 1. The first kappa shape index (κ1) is 15.3. The first-order valence-corrected chi connectivity index (χ1v) is 9.55. The third kappa shape index (κ3) is 3.27. The first-order valence-electron chi connectivity index (χ1n) is 7.86. The molecule has 1 aliphatic rings. The third-order valence-electron chi connectivity index (χ3n) is 4.43. The maximum atomic E-state index is 4.79. The van der Waals surface area contributed by atoms with Crippen LogP contribution in [0.1, 0.15) is 40.0 Å². The number of rotatable bonds is 5. The van der Waals surface area contributed by atoms with E-state index >= 15 is 0 Å². The number of benzene rings is 1. The van der Waals surface area contributed by atoms with E-state index in [4.69, 9.17) is 4.98 Å². The Balaban J connectivity index is 1.76. The van der Waals surface area contributed by atoms with E-state index < -0.39 is 0 Å². The quantitative estimate of drug-likeness (QED) is 0.844. The van der Waals surface area contributed by atoms with Gasteiger partial charge in [-0.1, -0.05) is 44.7 Å². The van der Waals surface area contributed by atoms with Crippen LogP contribution in [0.15, 0.2) is 28.6 Å². The number of hydrogen-bond donors (Lipinski definition) is 1. The molecule has 2 atom stereocenters. The summed E-state index contributed by atoms with van der Waals surface area (Å²) in [6, 6.07) is 9.04. The summed E-state index contributed by atoms with van der Waals surface area (Å²) in [5.41, 5.74) is 1.53. The maximum absolute atomic E-state index is 4.79. The second kappa shape index (κ2) is 6.27. The van der Waals surface area contributed by atoms with Gasteiger partial charge in [0, 0.05) is 11.3 Å². The molecule has 1 heterocycles. The van der Waals surface area contributed by atoms with Crippen molar-refractivity contribution in [2.75, 3.05) is 6.54 Å². The summed E-state index contributed by atoms with van der Waals surface area (Å²) in [5, 5.41) is 4.43. The van der Waals surface area contributed by atoms with Crippen LogP contribution in [0.4, 0.5) is 0 Å². The summed E-state index contributed by atoms with van der Waals surface area (Å²) in [4.78, 5) is 4.79. The highest BCUT2D eigenvalue weighted by Crippen LogP contribution is 2.46. The molecule has 0 bridgehead atoms. The zero-order chi connectivity index (χ0) is 14.9. The average molecular weight is 321 g/mol.